The third-order valence-electron chi connectivity index (χ3n) is 2.46. The number of nitro benzene ring substituents is 1. The molecule has 0 saturated carbocycles. The van der Waals surface area contributed by atoms with E-state index in [4.69, 9.17) is 0 Å². The van der Waals surface area contributed by atoms with Crippen LogP contribution in [0.4, 0.5) is 5.69 Å². The third-order valence-corrected chi connectivity index (χ3v) is 3.17. The van der Waals surface area contributed by atoms with E-state index in [-0.39, 0.29) is 10.6 Å². The smallest absolute Gasteiger partial charge is 0.277 e. The molecule has 0 radical (unpaired) electrons. The van der Waals surface area contributed by atoms with Gasteiger partial charge in [0.05, 0.1) is 10.5 Å². The second-order valence-electron chi connectivity index (χ2n) is 3.51. The van der Waals surface area contributed by atoms with Gasteiger partial charge in [0.1, 0.15) is 0 Å². The molecular formula is C12H8NO4S-. The number of hydrogen-bond donors (Lipinski definition) is 0. The van der Waals surface area contributed by atoms with Crippen molar-refractivity contribution in [1.29, 1.82) is 0 Å². The summed E-state index contributed by atoms with van der Waals surface area (Å²) in [6, 6.07) is 12.2. The van der Waals surface area contributed by atoms with Gasteiger partial charge in [0, 0.05) is 16.5 Å². The van der Waals surface area contributed by atoms with Crippen molar-refractivity contribution in [3.8, 4) is 11.1 Å². The summed E-state index contributed by atoms with van der Waals surface area (Å²) >= 11 is -2.44. The Hall–Kier alpha value is -2.05. The lowest BCUT2D eigenvalue weighted by Crippen LogP contribution is -1.96. The molecule has 0 aromatic heterocycles. The normalized spacial score (nSPS) is 12.1. The first kappa shape index (κ1) is 12.4. The number of nitro groups is 1. The van der Waals surface area contributed by atoms with Gasteiger partial charge in [0.25, 0.3) is 5.69 Å². The molecule has 92 valence electrons. The molecule has 0 aliphatic carbocycles. The molecule has 0 bridgehead atoms. The molecule has 0 amide bonds. The summed E-state index contributed by atoms with van der Waals surface area (Å²) < 4.78 is 22.2. The third kappa shape index (κ3) is 2.29. The highest BCUT2D eigenvalue weighted by Crippen LogP contribution is 2.32. The minimum Gasteiger partial charge on any atom is -0.768 e. The van der Waals surface area contributed by atoms with Crippen LogP contribution in [0.2, 0.25) is 0 Å². The molecule has 0 saturated heterocycles. The largest absolute Gasteiger partial charge is 0.768 e. The second-order valence-corrected chi connectivity index (χ2v) is 4.41. The van der Waals surface area contributed by atoms with Crippen molar-refractivity contribution in [2.24, 2.45) is 0 Å². The standard InChI is InChI=1S/C12H9NO4S/c14-13(15)11-7-3-1-5-9(11)10-6-2-4-8-12(10)18(16)17/h1-8H,(H,16,17)/p-1. The van der Waals surface area contributed by atoms with Crippen LogP contribution in [0.15, 0.2) is 53.4 Å². The Morgan fingerprint density at radius 3 is 2.11 bits per heavy atom. The Labute approximate surface area is 106 Å². The summed E-state index contributed by atoms with van der Waals surface area (Å²) in [7, 11) is 0. The predicted molar refractivity (Wildman–Crippen MR) is 65.7 cm³/mol. The van der Waals surface area contributed by atoms with E-state index in [0.717, 1.165) is 0 Å². The fourth-order valence-corrected chi connectivity index (χ4v) is 2.24. The summed E-state index contributed by atoms with van der Waals surface area (Å²) in [5, 5.41) is 10.9. The van der Waals surface area contributed by atoms with E-state index >= 15 is 0 Å². The van der Waals surface area contributed by atoms with E-state index in [1.54, 1.807) is 30.3 Å². The first-order valence-electron chi connectivity index (χ1n) is 5.03. The molecule has 0 spiro atoms. The van der Waals surface area contributed by atoms with Gasteiger partial charge in [-0.15, -0.1) is 0 Å². The van der Waals surface area contributed by atoms with Crippen LogP contribution in [0.5, 0.6) is 0 Å². The van der Waals surface area contributed by atoms with E-state index in [1.165, 1.54) is 18.2 Å². The monoisotopic (exact) mass is 262 g/mol. The zero-order valence-corrected chi connectivity index (χ0v) is 9.92. The Bertz CT molecular complexity index is 571. The van der Waals surface area contributed by atoms with Crippen molar-refractivity contribution in [2.75, 3.05) is 0 Å². The molecule has 18 heavy (non-hydrogen) atoms. The molecule has 0 N–H and O–H groups in total. The number of nitrogens with zero attached hydrogens (tertiary/aromatic N) is 1. The molecule has 6 heteroatoms. The lowest BCUT2D eigenvalue weighted by atomic mass is 10.0. The maximum Gasteiger partial charge on any atom is 0.277 e. The molecule has 0 heterocycles. The van der Waals surface area contributed by atoms with Crippen molar-refractivity contribution in [2.45, 2.75) is 4.90 Å². The molecule has 0 fully saturated rings. The van der Waals surface area contributed by atoms with Crippen LogP contribution in [-0.2, 0) is 11.1 Å². The number of hydrogen-bond acceptors (Lipinski definition) is 4. The van der Waals surface area contributed by atoms with Crippen LogP contribution in [0.3, 0.4) is 0 Å². The fraction of sp³-hybridized carbons (Fsp3) is 0. The minimum atomic E-state index is -2.44. The van der Waals surface area contributed by atoms with E-state index in [1.807, 2.05) is 0 Å². The molecule has 2 aromatic carbocycles. The summed E-state index contributed by atoms with van der Waals surface area (Å²) in [6.45, 7) is 0. The summed E-state index contributed by atoms with van der Waals surface area (Å²) in [6.07, 6.45) is 0. The van der Waals surface area contributed by atoms with Crippen LogP contribution in [0.1, 0.15) is 0 Å². The van der Waals surface area contributed by atoms with Crippen LogP contribution in [-0.4, -0.2) is 13.7 Å². The maximum absolute atomic E-state index is 11.1. The Morgan fingerprint density at radius 2 is 1.50 bits per heavy atom. The second kappa shape index (κ2) is 5.07. The highest BCUT2D eigenvalue weighted by atomic mass is 32.2. The quantitative estimate of drug-likeness (QED) is 0.483. The molecule has 5 nitrogen and oxygen atoms in total. The molecule has 0 aliphatic heterocycles. The fourth-order valence-electron chi connectivity index (χ4n) is 1.70. The molecule has 2 rings (SSSR count). The first-order chi connectivity index (χ1) is 8.61. The van der Waals surface area contributed by atoms with Crippen LogP contribution in [0, 0.1) is 10.1 Å². The van der Waals surface area contributed by atoms with Crippen LogP contribution >= 0.6 is 0 Å². The van der Waals surface area contributed by atoms with Gasteiger partial charge >= 0.3 is 0 Å². The molecule has 1 atom stereocenters. The Kier molecular flexibility index (Phi) is 3.50. The van der Waals surface area contributed by atoms with Crippen molar-refractivity contribution in [3.63, 3.8) is 0 Å². The van der Waals surface area contributed by atoms with E-state index in [0.29, 0.717) is 11.1 Å². The number of para-hydroxylation sites is 1. The maximum atomic E-state index is 11.1. The van der Waals surface area contributed by atoms with Gasteiger partial charge in [0.15, 0.2) is 0 Å². The van der Waals surface area contributed by atoms with Gasteiger partial charge < -0.3 is 4.55 Å². The summed E-state index contributed by atoms with van der Waals surface area (Å²) in [4.78, 5) is 10.4. The lowest BCUT2D eigenvalue weighted by molar-refractivity contribution is -0.384. The average molecular weight is 262 g/mol. The zero-order valence-electron chi connectivity index (χ0n) is 9.11. The van der Waals surface area contributed by atoms with Crippen molar-refractivity contribution >= 4 is 16.8 Å². The topological polar surface area (TPSA) is 83.3 Å². The van der Waals surface area contributed by atoms with E-state index < -0.39 is 16.0 Å². The van der Waals surface area contributed by atoms with Gasteiger partial charge in [0.2, 0.25) is 0 Å². The van der Waals surface area contributed by atoms with E-state index in [2.05, 4.69) is 0 Å². The van der Waals surface area contributed by atoms with Gasteiger partial charge in [-0.1, -0.05) is 30.3 Å². The van der Waals surface area contributed by atoms with Gasteiger partial charge in [-0.2, -0.15) is 0 Å². The van der Waals surface area contributed by atoms with E-state index in [9.17, 15) is 18.9 Å². The SMILES string of the molecule is O=[N+]([O-])c1ccccc1-c1ccccc1S(=O)[O-]. The molecule has 0 aliphatic rings. The lowest BCUT2D eigenvalue weighted by Gasteiger charge is -2.11. The number of rotatable bonds is 3. The zero-order chi connectivity index (χ0) is 13.1. The highest BCUT2D eigenvalue weighted by Gasteiger charge is 2.16. The Morgan fingerprint density at radius 1 is 0.944 bits per heavy atom. The van der Waals surface area contributed by atoms with Crippen molar-refractivity contribution < 1.29 is 13.7 Å². The van der Waals surface area contributed by atoms with Crippen molar-refractivity contribution in [3.05, 3.63) is 58.6 Å². The number of benzene rings is 2. The molecule has 1 unspecified atom stereocenters. The molecule has 2 aromatic rings. The van der Waals surface area contributed by atoms with Crippen molar-refractivity contribution in [1.82, 2.24) is 0 Å². The van der Waals surface area contributed by atoms with Crippen LogP contribution in [0.25, 0.3) is 11.1 Å². The minimum absolute atomic E-state index is 0.0480. The first-order valence-corrected chi connectivity index (χ1v) is 6.11. The van der Waals surface area contributed by atoms with Gasteiger partial charge in [-0.05, 0) is 23.2 Å². The molecular weight excluding hydrogens is 254 g/mol. The average Bonchev–Trinajstić information content (AvgIpc) is 2.38. The highest BCUT2D eigenvalue weighted by molar-refractivity contribution is 7.79. The Balaban J connectivity index is 2.70. The summed E-state index contributed by atoms with van der Waals surface area (Å²) in [5.41, 5.74) is 0.510. The van der Waals surface area contributed by atoms with Crippen LogP contribution < -0.4 is 0 Å². The predicted octanol–water partition coefficient (Wildman–Crippen LogP) is 2.50. The van der Waals surface area contributed by atoms with Gasteiger partial charge in [-0.25, -0.2) is 0 Å². The van der Waals surface area contributed by atoms with Gasteiger partial charge in [-0.3, -0.25) is 14.3 Å². The summed E-state index contributed by atoms with van der Waals surface area (Å²) in [5.74, 6) is 0.